The number of thioether (sulfide) groups is 1. The molecule has 1 fully saturated rings. The molecule has 1 aliphatic rings. The van der Waals surface area contributed by atoms with Gasteiger partial charge in [0.25, 0.3) is 5.91 Å². The molecule has 2 rings (SSSR count). The number of rotatable bonds is 4. The van der Waals surface area contributed by atoms with Crippen LogP contribution in [0, 0.1) is 0 Å². The van der Waals surface area contributed by atoms with E-state index in [1.807, 2.05) is 11.8 Å². The fraction of sp³-hybridized carbons (Fsp3) is 0.462. The van der Waals surface area contributed by atoms with Gasteiger partial charge in [-0.05, 0) is 12.1 Å². The van der Waals surface area contributed by atoms with Crippen LogP contribution in [-0.4, -0.2) is 58.7 Å². The Bertz CT molecular complexity index is 448. The Morgan fingerprint density at radius 3 is 2.74 bits per heavy atom. The van der Waals surface area contributed by atoms with Crippen molar-refractivity contribution in [2.75, 3.05) is 37.7 Å². The summed E-state index contributed by atoms with van der Waals surface area (Å²) in [6.45, 7) is 3.50. The topological polar surface area (TPSA) is 72.8 Å². The van der Waals surface area contributed by atoms with Crippen LogP contribution in [0.5, 0.6) is 11.5 Å². The zero-order valence-electron chi connectivity index (χ0n) is 10.6. The van der Waals surface area contributed by atoms with Crippen molar-refractivity contribution in [3.8, 4) is 11.5 Å². The number of hydrogen-bond donors (Lipinski definition) is 3. The number of benzene rings is 1. The number of carbonyl (C=O) groups is 1. The molecule has 1 aliphatic heterocycles. The van der Waals surface area contributed by atoms with Crippen molar-refractivity contribution in [1.29, 1.82) is 0 Å². The monoisotopic (exact) mass is 282 g/mol. The lowest BCUT2D eigenvalue weighted by molar-refractivity contribution is 0.0946. The molecule has 0 aliphatic carbocycles. The predicted octanol–water partition coefficient (Wildman–Crippen LogP) is 0.876. The summed E-state index contributed by atoms with van der Waals surface area (Å²) in [4.78, 5) is 14.2. The van der Waals surface area contributed by atoms with Crippen molar-refractivity contribution in [3.05, 3.63) is 23.8 Å². The number of carbonyl (C=O) groups excluding carboxylic acids is 1. The zero-order chi connectivity index (χ0) is 13.7. The van der Waals surface area contributed by atoms with Gasteiger partial charge in [-0.3, -0.25) is 9.69 Å². The number of hydrogen-bond acceptors (Lipinski definition) is 5. The highest BCUT2D eigenvalue weighted by molar-refractivity contribution is 7.99. The van der Waals surface area contributed by atoms with E-state index in [1.54, 1.807) is 0 Å². The van der Waals surface area contributed by atoms with Gasteiger partial charge in [0.1, 0.15) is 11.5 Å². The molecule has 1 aromatic carbocycles. The number of aromatic hydroxyl groups is 2. The maximum Gasteiger partial charge on any atom is 0.255 e. The highest BCUT2D eigenvalue weighted by Gasteiger charge is 2.13. The van der Waals surface area contributed by atoms with E-state index in [9.17, 15) is 9.90 Å². The molecule has 0 spiro atoms. The van der Waals surface area contributed by atoms with Gasteiger partial charge >= 0.3 is 0 Å². The van der Waals surface area contributed by atoms with Crippen LogP contribution in [0.15, 0.2) is 18.2 Å². The minimum Gasteiger partial charge on any atom is -0.508 e. The molecular weight excluding hydrogens is 264 g/mol. The third-order valence-electron chi connectivity index (χ3n) is 3.04. The number of amides is 1. The molecule has 0 radical (unpaired) electrons. The minimum atomic E-state index is -0.316. The average Bonchev–Trinajstić information content (AvgIpc) is 2.39. The van der Waals surface area contributed by atoms with Gasteiger partial charge < -0.3 is 15.5 Å². The molecule has 1 aromatic rings. The molecule has 0 saturated carbocycles. The number of phenolic OH excluding ortho intramolecular Hbond substituents is 2. The normalized spacial score (nSPS) is 16.2. The van der Waals surface area contributed by atoms with E-state index >= 15 is 0 Å². The molecule has 0 atom stereocenters. The Kier molecular flexibility index (Phi) is 4.93. The van der Waals surface area contributed by atoms with E-state index in [2.05, 4.69) is 10.2 Å². The van der Waals surface area contributed by atoms with Crippen LogP contribution in [-0.2, 0) is 0 Å². The summed E-state index contributed by atoms with van der Waals surface area (Å²) < 4.78 is 0. The van der Waals surface area contributed by atoms with E-state index in [-0.39, 0.29) is 23.0 Å². The third kappa shape index (κ3) is 4.04. The summed E-state index contributed by atoms with van der Waals surface area (Å²) in [5.41, 5.74) is 0.187. The number of phenols is 2. The van der Waals surface area contributed by atoms with Gasteiger partial charge in [-0.25, -0.2) is 0 Å². The molecule has 19 heavy (non-hydrogen) atoms. The lowest BCUT2D eigenvalue weighted by atomic mass is 10.2. The molecule has 6 heteroatoms. The minimum absolute atomic E-state index is 0.0557. The standard InChI is InChI=1S/C13H18N2O3S/c16-10-1-2-11(12(17)9-10)13(18)14-3-4-15-5-7-19-8-6-15/h1-2,9,16-17H,3-8H2,(H,14,18). The Morgan fingerprint density at radius 1 is 1.32 bits per heavy atom. The first-order valence-electron chi connectivity index (χ1n) is 6.27. The molecule has 1 heterocycles. The second-order valence-electron chi connectivity index (χ2n) is 4.41. The van der Waals surface area contributed by atoms with E-state index in [4.69, 9.17) is 5.11 Å². The maximum absolute atomic E-state index is 11.8. The molecule has 0 aromatic heterocycles. The molecule has 104 valence electrons. The van der Waals surface area contributed by atoms with Crippen molar-refractivity contribution < 1.29 is 15.0 Å². The van der Waals surface area contributed by atoms with Crippen LogP contribution >= 0.6 is 11.8 Å². The number of nitrogens with zero attached hydrogens (tertiary/aromatic N) is 1. The van der Waals surface area contributed by atoms with Gasteiger partial charge in [0.2, 0.25) is 0 Å². The molecule has 1 saturated heterocycles. The third-order valence-corrected chi connectivity index (χ3v) is 3.99. The van der Waals surface area contributed by atoms with Crippen molar-refractivity contribution in [2.24, 2.45) is 0 Å². The van der Waals surface area contributed by atoms with Crippen LogP contribution < -0.4 is 5.32 Å². The molecule has 3 N–H and O–H groups in total. The van der Waals surface area contributed by atoms with Gasteiger partial charge in [-0.15, -0.1) is 0 Å². The lowest BCUT2D eigenvalue weighted by Gasteiger charge is -2.26. The predicted molar refractivity (Wildman–Crippen MR) is 75.9 cm³/mol. The van der Waals surface area contributed by atoms with Gasteiger partial charge in [0.05, 0.1) is 5.56 Å². The average molecular weight is 282 g/mol. The van der Waals surface area contributed by atoms with E-state index < -0.39 is 0 Å². The summed E-state index contributed by atoms with van der Waals surface area (Å²) >= 11 is 1.95. The second kappa shape index (κ2) is 6.68. The van der Waals surface area contributed by atoms with Crippen LogP contribution in [0.4, 0.5) is 0 Å². The van der Waals surface area contributed by atoms with Gasteiger partial charge in [0.15, 0.2) is 0 Å². The van der Waals surface area contributed by atoms with Gasteiger partial charge in [-0.2, -0.15) is 11.8 Å². The second-order valence-corrected chi connectivity index (χ2v) is 5.64. The first-order valence-corrected chi connectivity index (χ1v) is 7.42. The summed E-state index contributed by atoms with van der Waals surface area (Å²) in [5.74, 6) is 1.72. The van der Waals surface area contributed by atoms with Crippen molar-refractivity contribution >= 4 is 17.7 Å². The largest absolute Gasteiger partial charge is 0.508 e. The van der Waals surface area contributed by atoms with Crippen LogP contribution in [0.2, 0.25) is 0 Å². The van der Waals surface area contributed by atoms with Gasteiger partial charge in [-0.1, -0.05) is 0 Å². The molecular formula is C13H18N2O3S. The Labute approximate surface area is 116 Å². The van der Waals surface area contributed by atoms with Crippen molar-refractivity contribution in [1.82, 2.24) is 10.2 Å². The van der Waals surface area contributed by atoms with Crippen molar-refractivity contribution in [3.63, 3.8) is 0 Å². The van der Waals surface area contributed by atoms with E-state index in [0.717, 1.165) is 37.2 Å². The fourth-order valence-corrected chi connectivity index (χ4v) is 2.94. The SMILES string of the molecule is O=C(NCCN1CCSCC1)c1ccc(O)cc1O. The van der Waals surface area contributed by atoms with Crippen molar-refractivity contribution in [2.45, 2.75) is 0 Å². The van der Waals surface area contributed by atoms with Crippen LogP contribution in [0.25, 0.3) is 0 Å². The highest BCUT2D eigenvalue weighted by Crippen LogP contribution is 2.22. The molecule has 0 bridgehead atoms. The number of nitrogens with one attached hydrogen (secondary N) is 1. The maximum atomic E-state index is 11.8. The summed E-state index contributed by atoms with van der Waals surface area (Å²) in [5, 5.41) is 21.5. The Balaban J connectivity index is 1.80. The fourth-order valence-electron chi connectivity index (χ4n) is 1.96. The molecule has 1 amide bonds. The first kappa shape index (κ1) is 14.0. The summed E-state index contributed by atoms with van der Waals surface area (Å²) in [7, 11) is 0. The lowest BCUT2D eigenvalue weighted by Crippen LogP contribution is -2.39. The highest BCUT2D eigenvalue weighted by atomic mass is 32.2. The summed E-state index contributed by atoms with van der Waals surface area (Å²) in [6.07, 6.45) is 0. The van der Waals surface area contributed by atoms with Crippen LogP contribution in [0.3, 0.4) is 0 Å². The first-order chi connectivity index (χ1) is 9.16. The Hall–Kier alpha value is -1.40. The van der Waals surface area contributed by atoms with E-state index in [1.165, 1.54) is 12.1 Å². The molecule has 5 nitrogen and oxygen atoms in total. The quantitative estimate of drug-likeness (QED) is 0.764. The smallest absolute Gasteiger partial charge is 0.255 e. The molecule has 0 unspecified atom stereocenters. The Morgan fingerprint density at radius 2 is 2.05 bits per heavy atom. The van der Waals surface area contributed by atoms with Gasteiger partial charge in [0, 0.05) is 43.8 Å². The summed E-state index contributed by atoms with van der Waals surface area (Å²) in [6, 6.07) is 3.96. The van der Waals surface area contributed by atoms with E-state index in [0.29, 0.717) is 6.54 Å². The zero-order valence-corrected chi connectivity index (χ0v) is 11.4. The van der Waals surface area contributed by atoms with Crippen LogP contribution in [0.1, 0.15) is 10.4 Å².